The first-order valence-electron chi connectivity index (χ1n) is 11.0. The third-order valence-electron chi connectivity index (χ3n) is 5.98. The first-order chi connectivity index (χ1) is 16.1. The Morgan fingerprint density at radius 1 is 0.970 bits per heavy atom. The predicted octanol–water partition coefficient (Wildman–Crippen LogP) is 3.80. The molecule has 0 bridgehead atoms. The van der Waals surface area contributed by atoms with Crippen LogP contribution in [0.3, 0.4) is 0 Å². The summed E-state index contributed by atoms with van der Waals surface area (Å²) in [7, 11) is 3.23. The second-order valence-electron chi connectivity index (χ2n) is 8.03. The zero-order valence-corrected chi connectivity index (χ0v) is 18.9. The molecule has 1 saturated heterocycles. The van der Waals surface area contributed by atoms with Crippen LogP contribution in [0.2, 0.25) is 0 Å². The van der Waals surface area contributed by atoms with Crippen molar-refractivity contribution in [3.8, 4) is 22.6 Å². The third kappa shape index (κ3) is 5.00. The Bertz CT molecular complexity index is 1140. The fourth-order valence-electron chi connectivity index (χ4n) is 4.27. The number of para-hydroxylation sites is 1. The molecule has 0 saturated carbocycles. The zero-order chi connectivity index (χ0) is 23.2. The van der Waals surface area contributed by atoms with Gasteiger partial charge in [0, 0.05) is 30.8 Å². The van der Waals surface area contributed by atoms with Gasteiger partial charge >= 0.3 is 0 Å². The number of ether oxygens (including phenoxy) is 2. The first-order valence-corrected chi connectivity index (χ1v) is 11.0. The number of hydrogen-bond donors (Lipinski definition) is 1. The summed E-state index contributed by atoms with van der Waals surface area (Å²) in [4.78, 5) is 27.9. The highest BCUT2D eigenvalue weighted by Crippen LogP contribution is 2.33. The molecule has 1 heterocycles. The van der Waals surface area contributed by atoms with Crippen molar-refractivity contribution in [2.45, 2.75) is 6.42 Å². The van der Waals surface area contributed by atoms with Crippen LogP contribution in [0.4, 0.5) is 0 Å². The summed E-state index contributed by atoms with van der Waals surface area (Å²) in [6, 6.07) is 23.0. The van der Waals surface area contributed by atoms with Crippen molar-refractivity contribution in [1.29, 1.82) is 0 Å². The molecule has 2 amide bonds. The van der Waals surface area contributed by atoms with Crippen LogP contribution in [0.15, 0.2) is 72.8 Å². The van der Waals surface area contributed by atoms with E-state index in [0.29, 0.717) is 37.4 Å². The van der Waals surface area contributed by atoms with Gasteiger partial charge in [-0.05, 0) is 41.8 Å². The summed E-state index contributed by atoms with van der Waals surface area (Å²) in [5, 5.41) is 2.97. The largest absolute Gasteiger partial charge is 0.497 e. The Kier molecular flexibility index (Phi) is 6.93. The van der Waals surface area contributed by atoms with Crippen LogP contribution < -0.4 is 14.8 Å². The minimum atomic E-state index is -0.363. The van der Waals surface area contributed by atoms with Gasteiger partial charge in [0.15, 0.2) is 0 Å². The molecule has 0 unspecified atom stereocenters. The SMILES string of the molecule is COc1cccc(C(=O)N2CCNC(=O)[C@H](Cc3ccccc3-c3ccccc3OC)C2)c1. The maximum absolute atomic E-state index is 13.2. The summed E-state index contributed by atoms with van der Waals surface area (Å²) >= 11 is 0. The summed E-state index contributed by atoms with van der Waals surface area (Å²) in [6.07, 6.45) is 0.516. The van der Waals surface area contributed by atoms with Crippen LogP contribution in [-0.2, 0) is 11.2 Å². The lowest BCUT2D eigenvalue weighted by molar-refractivity contribution is -0.124. The molecular formula is C27H28N2O4. The molecule has 4 rings (SSSR count). The number of nitrogens with zero attached hydrogens (tertiary/aromatic N) is 1. The molecule has 6 heteroatoms. The molecule has 3 aromatic rings. The van der Waals surface area contributed by atoms with E-state index in [1.165, 1.54) is 0 Å². The summed E-state index contributed by atoms with van der Waals surface area (Å²) < 4.78 is 10.8. The average Bonchev–Trinajstić information content (AvgIpc) is 3.05. The number of carbonyl (C=O) groups is 2. The highest BCUT2D eigenvalue weighted by atomic mass is 16.5. The molecule has 0 spiro atoms. The molecular weight excluding hydrogens is 416 g/mol. The topological polar surface area (TPSA) is 67.9 Å². The minimum Gasteiger partial charge on any atom is -0.497 e. The Morgan fingerprint density at radius 3 is 2.52 bits per heavy atom. The third-order valence-corrected chi connectivity index (χ3v) is 5.98. The lowest BCUT2D eigenvalue weighted by atomic mass is 9.91. The number of methoxy groups -OCH3 is 2. The van der Waals surface area contributed by atoms with E-state index in [1.54, 1.807) is 37.3 Å². The Hall–Kier alpha value is -3.80. The number of nitrogens with one attached hydrogen (secondary N) is 1. The molecule has 33 heavy (non-hydrogen) atoms. The molecule has 1 aliphatic heterocycles. The maximum atomic E-state index is 13.2. The van der Waals surface area contributed by atoms with Gasteiger partial charge in [-0.25, -0.2) is 0 Å². The zero-order valence-electron chi connectivity index (χ0n) is 18.9. The fourth-order valence-corrected chi connectivity index (χ4v) is 4.27. The Labute approximate surface area is 194 Å². The van der Waals surface area contributed by atoms with E-state index in [9.17, 15) is 9.59 Å². The normalized spacial score (nSPS) is 16.0. The van der Waals surface area contributed by atoms with Crippen LogP contribution in [-0.4, -0.2) is 50.6 Å². The Balaban J connectivity index is 1.60. The van der Waals surface area contributed by atoms with Crippen LogP contribution in [0.5, 0.6) is 11.5 Å². The van der Waals surface area contributed by atoms with Gasteiger partial charge < -0.3 is 19.7 Å². The molecule has 1 atom stereocenters. The molecule has 0 aliphatic carbocycles. The van der Waals surface area contributed by atoms with Gasteiger partial charge in [0.25, 0.3) is 5.91 Å². The predicted molar refractivity (Wildman–Crippen MR) is 128 cm³/mol. The number of hydrogen-bond acceptors (Lipinski definition) is 4. The monoisotopic (exact) mass is 444 g/mol. The smallest absolute Gasteiger partial charge is 0.254 e. The van der Waals surface area contributed by atoms with Crippen molar-refractivity contribution >= 4 is 11.8 Å². The standard InChI is InChI=1S/C27H28N2O4/c1-32-22-10-7-9-20(17-22)27(31)29-15-14-28-26(30)21(18-29)16-19-8-3-4-11-23(19)24-12-5-6-13-25(24)33-2/h3-13,17,21H,14-16,18H2,1-2H3,(H,28,30)/t21-/m1/s1. The van der Waals surface area contributed by atoms with E-state index in [2.05, 4.69) is 5.32 Å². The van der Waals surface area contributed by atoms with Gasteiger partial charge in [-0.15, -0.1) is 0 Å². The molecule has 1 aliphatic rings. The molecule has 170 valence electrons. The lowest BCUT2D eigenvalue weighted by Crippen LogP contribution is -2.37. The summed E-state index contributed by atoms with van der Waals surface area (Å²) in [6.45, 7) is 1.24. The van der Waals surface area contributed by atoms with E-state index in [0.717, 1.165) is 22.4 Å². The molecule has 3 aromatic carbocycles. The van der Waals surface area contributed by atoms with E-state index in [-0.39, 0.29) is 17.7 Å². The van der Waals surface area contributed by atoms with Crippen molar-refractivity contribution in [3.05, 3.63) is 83.9 Å². The quantitative estimate of drug-likeness (QED) is 0.628. The van der Waals surface area contributed by atoms with Crippen molar-refractivity contribution in [2.75, 3.05) is 33.9 Å². The van der Waals surface area contributed by atoms with E-state index in [1.807, 2.05) is 54.6 Å². The number of carbonyl (C=O) groups excluding carboxylic acids is 2. The second-order valence-corrected chi connectivity index (χ2v) is 8.03. The summed E-state index contributed by atoms with van der Waals surface area (Å²) in [5.74, 6) is 0.911. The highest BCUT2D eigenvalue weighted by Gasteiger charge is 2.29. The first kappa shape index (κ1) is 22.4. The van der Waals surface area contributed by atoms with Crippen LogP contribution in [0, 0.1) is 5.92 Å². The van der Waals surface area contributed by atoms with Crippen molar-refractivity contribution in [3.63, 3.8) is 0 Å². The number of benzene rings is 3. The molecule has 0 aromatic heterocycles. The van der Waals surface area contributed by atoms with E-state index < -0.39 is 0 Å². The van der Waals surface area contributed by atoms with Crippen LogP contribution >= 0.6 is 0 Å². The van der Waals surface area contributed by atoms with Crippen molar-refractivity contribution < 1.29 is 19.1 Å². The van der Waals surface area contributed by atoms with Gasteiger partial charge in [0.1, 0.15) is 11.5 Å². The maximum Gasteiger partial charge on any atom is 0.254 e. The van der Waals surface area contributed by atoms with Gasteiger partial charge in [0.05, 0.1) is 20.1 Å². The number of amides is 2. The molecule has 1 fully saturated rings. The molecule has 6 nitrogen and oxygen atoms in total. The van der Waals surface area contributed by atoms with E-state index in [4.69, 9.17) is 9.47 Å². The highest BCUT2D eigenvalue weighted by molar-refractivity contribution is 5.95. The lowest BCUT2D eigenvalue weighted by Gasteiger charge is -2.24. The average molecular weight is 445 g/mol. The van der Waals surface area contributed by atoms with Gasteiger partial charge in [-0.2, -0.15) is 0 Å². The Morgan fingerprint density at radius 2 is 1.73 bits per heavy atom. The molecule has 0 radical (unpaired) electrons. The van der Waals surface area contributed by atoms with Crippen LogP contribution in [0.25, 0.3) is 11.1 Å². The van der Waals surface area contributed by atoms with Crippen LogP contribution in [0.1, 0.15) is 15.9 Å². The minimum absolute atomic E-state index is 0.0363. The van der Waals surface area contributed by atoms with Crippen molar-refractivity contribution in [1.82, 2.24) is 10.2 Å². The second kappa shape index (κ2) is 10.2. The van der Waals surface area contributed by atoms with Gasteiger partial charge in [-0.1, -0.05) is 48.5 Å². The molecule has 1 N–H and O–H groups in total. The van der Waals surface area contributed by atoms with Gasteiger partial charge in [-0.3, -0.25) is 9.59 Å². The summed E-state index contributed by atoms with van der Waals surface area (Å²) in [5.41, 5.74) is 3.60. The number of rotatable bonds is 6. The van der Waals surface area contributed by atoms with Crippen molar-refractivity contribution in [2.24, 2.45) is 5.92 Å². The van der Waals surface area contributed by atoms with Gasteiger partial charge in [0.2, 0.25) is 5.91 Å². The fraction of sp³-hybridized carbons (Fsp3) is 0.259. The van der Waals surface area contributed by atoms with E-state index >= 15 is 0 Å².